The standard InChI is InChI=1S/C23H32ClN5OSi/c1-27-9-11-28(12-10-27)19-7-5-18(6-8-19)21-15-20-22(24)25-16-26-23(20)29(21)17-30-13-14-31(2,3)4/h5-8,15-16H,9-14,17H2,1-4H3. The summed E-state index contributed by atoms with van der Waals surface area (Å²) in [5.41, 5.74) is 4.26. The van der Waals surface area contributed by atoms with Crippen LogP contribution in [0.2, 0.25) is 30.8 Å². The van der Waals surface area contributed by atoms with Crippen LogP contribution in [-0.2, 0) is 11.5 Å². The molecule has 1 fully saturated rings. The maximum Gasteiger partial charge on any atom is 0.147 e. The Morgan fingerprint density at radius 3 is 2.42 bits per heavy atom. The first-order valence-electron chi connectivity index (χ1n) is 10.9. The van der Waals surface area contributed by atoms with Gasteiger partial charge in [-0.25, -0.2) is 9.97 Å². The number of piperazine rings is 1. The molecule has 6 nitrogen and oxygen atoms in total. The first-order valence-corrected chi connectivity index (χ1v) is 15.0. The summed E-state index contributed by atoms with van der Waals surface area (Å²) in [5, 5.41) is 1.33. The predicted octanol–water partition coefficient (Wildman–Crippen LogP) is 4.82. The minimum atomic E-state index is -1.14. The van der Waals surface area contributed by atoms with Gasteiger partial charge in [-0.1, -0.05) is 43.4 Å². The van der Waals surface area contributed by atoms with Crippen LogP contribution in [0.4, 0.5) is 5.69 Å². The van der Waals surface area contributed by atoms with Gasteiger partial charge in [0.2, 0.25) is 0 Å². The first kappa shape index (κ1) is 22.3. The van der Waals surface area contributed by atoms with Crippen LogP contribution in [-0.4, -0.2) is 67.3 Å². The lowest BCUT2D eigenvalue weighted by Crippen LogP contribution is -2.44. The molecule has 8 heteroatoms. The van der Waals surface area contributed by atoms with Gasteiger partial charge in [-0.3, -0.25) is 0 Å². The fourth-order valence-electron chi connectivity index (χ4n) is 3.85. The molecule has 3 heterocycles. The highest BCUT2D eigenvalue weighted by molar-refractivity contribution is 6.76. The molecule has 0 saturated carbocycles. The number of benzene rings is 1. The molecule has 1 aliphatic heterocycles. The maximum atomic E-state index is 6.38. The molecule has 166 valence electrons. The number of anilines is 1. The Bertz CT molecular complexity index is 1020. The van der Waals surface area contributed by atoms with E-state index in [4.69, 9.17) is 16.3 Å². The van der Waals surface area contributed by atoms with Crippen LogP contribution in [0.5, 0.6) is 0 Å². The first-order chi connectivity index (χ1) is 14.8. The minimum Gasteiger partial charge on any atom is -0.369 e. The number of likely N-dealkylation sites (N-methyl/N-ethyl adjacent to an activating group) is 1. The molecule has 0 atom stereocenters. The molecule has 2 aromatic heterocycles. The van der Waals surface area contributed by atoms with Gasteiger partial charge in [0.1, 0.15) is 23.9 Å². The highest BCUT2D eigenvalue weighted by Gasteiger charge is 2.18. The van der Waals surface area contributed by atoms with E-state index in [0.717, 1.165) is 61.1 Å². The second-order valence-electron chi connectivity index (χ2n) is 9.54. The summed E-state index contributed by atoms with van der Waals surface area (Å²) in [6.45, 7) is 12.6. The van der Waals surface area contributed by atoms with Gasteiger partial charge in [0.25, 0.3) is 0 Å². The van der Waals surface area contributed by atoms with Gasteiger partial charge < -0.3 is 19.1 Å². The van der Waals surface area contributed by atoms with Crippen molar-refractivity contribution in [1.82, 2.24) is 19.4 Å². The van der Waals surface area contributed by atoms with Crippen molar-refractivity contribution in [3.05, 3.63) is 41.8 Å². The molecule has 1 saturated heterocycles. The minimum absolute atomic E-state index is 0.455. The summed E-state index contributed by atoms with van der Waals surface area (Å²) >= 11 is 6.38. The van der Waals surface area contributed by atoms with Crippen LogP contribution >= 0.6 is 11.6 Å². The lowest BCUT2D eigenvalue weighted by Gasteiger charge is -2.34. The van der Waals surface area contributed by atoms with E-state index in [-0.39, 0.29) is 0 Å². The highest BCUT2D eigenvalue weighted by atomic mass is 35.5. The smallest absolute Gasteiger partial charge is 0.147 e. The molecule has 0 unspecified atom stereocenters. The molecule has 0 N–H and O–H groups in total. The van der Waals surface area contributed by atoms with Gasteiger partial charge in [0.15, 0.2) is 0 Å². The summed E-state index contributed by atoms with van der Waals surface area (Å²) in [5.74, 6) is 0. The van der Waals surface area contributed by atoms with Crippen molar-refractivity contribution in [2.45, 2.75) is 32.4 Å². The topological polar surface area (TPSA) is 46.4 Å². The zero-order valence-electron chi connectivity index (χ0n) is 18.9. The van der Waals surface area contributed by atoms with Crippen molar-refractivity contribution in [3.8, 4) is 11.3 Å². The maximum absolute atomic E-state index is 6.38. The molecule has 1 aliphatic rings. The summed E-state index contributed by atoms with van der Waals surface area (Å²) in [7, 11) is 1.04. The number of hydrogen-bond acceptors (Lipinski definition) is 5. The monoisotopic (exact) mass is 457 g/mol. The quantitative estimate of drug-likeness (QED) is 0.289. The lowest BCUT2D eigenvalue weighted by molar-refractivity contribution is 0.0909. The summed E-state index contributed by atoms with van der Waals surface area (Å²) in [4.78, 5) is 13.5. The van der Waals surface area contributed by atoms with E-state index in [2.05, 4.69) is 81.4 Å². The van der Waals surface area contributed by atoms with Crippen molar-refractivity contribution in [1.29, 1.82) is 0 Å². The highest BCUT2D eigenvalue weighted by Crippen LogP contribution is 2.31. The average molecular weight is 458 g/mol. The molecule has 0 radical (unpaired) electrons. The predicted molar refractivity (Wildman–Crippen MR) is 132 cm³/mol. The molecule has 0 spiro atoms. The van der Waals surface area contributed by atoms with E-state index in [1.807, 2.05) is 0 Å². The Kier molecular flexibility index (Phi) is 6.67. The second-order valence-corrected chi connectivity index (χ2v) is 15.5. The molecule has 1 aromatic carbocycles. The third kappa shape index (κ3) is 5.29. The van der Waals surface area contributed by atoms with Gasteiger partial charge in [0.05, 0.1) is 11.1 Å². The Morgan fingerprint density at radius 2 is 1.74 bits per heavy atom. The van der Waals surface area contributed by atoms with Crippen LogP contribution in [0.25, 0.3) is 22.3 Å². The largest absolute Gasteiger partial charge is 0.369 e. The van der Waals surface area contributed by atoms with Crippen LogP contribution in [0.1, 0.15) is 0 Å². The zero-order chi connectivity index (χ0) is 22.0. The molecule has 4 rings (SSSR count). The van der Waals surface area contributed by atoms with Gasteiger partial charge >= 0.3 is 0 Å². The van der Waals surface area contributed by atoms with Gasteiger partial charge in [0, 0.05) is 46.5 Å². The average Bonchev–Trinajstić information content (AvgIpc) is 3.11. The number of hydrogen-bond donors (Lipinski definition) is 0. The fraction of sp³-hybridized carbons (Fsp3) is 0.478. The molecule has 0 aliphatic carbocycles. The summed E-state index contributed by atoms with van der Waals surface area (Å²) in [6, 6.07) is 12.0. The Morgan fingerprint density at radius 1 is 1.03 bits per heavy atom. The van der Waals surface area contributed by atoms with E-state index in [1.165, 1.54) is 12.0 Å². The molecule has 0 bridgehead atoms. The number of nitrogens with zero attached hydrogens (tertiary/aromatic N) is 5. The van der Waals surface area contributed by atoms with E-state index in [1.54, 1.807) is 0 Å². The molecular weight excluding hydrogens is 426 g/mol. The number of ether oxygens (including phenoxy) is 1. The Labute approximate surface area is 190 Å². The summed E-state index contributed by atoms with van der Waals surface area (Å²) in [6.07, 6.45) is 1.52. The van der Waals surface area contributed by atoms with Gasteiger partial charge in [-0.15, -0.1) is 0 Å². The Balaban J connectivity index is 1.59. The molecule has 31 heavy (non-hydrogen) atoms. The van der Waals surface area contributed by atoms with Gasteiger partial charge in [-0.2, -0.15) is 0 Å². The van der Waals surface area contributed by atoms with E-state index < -0.39 is 8.07 Å². The van der Waals surface area contributed by atoms with E-state index in [0.29, 0.717) is 11.9 Å². The van der Waals surface area contributed by atoms with Crippen molar-refractivity contribution in [2.75, 3.05) is 44.7 Å². The normalized spacial score (nSPS) is 15.7. The third-order valence-electron chi connectivity index (χ3n) is 5.89. The van der Waals surface area contributed by atoms with Gasteiger partial charge in [-0.05, 0) is 36.9 Å². The zero-order valence-corrected chi connectivity index (χ0v) is 20.7. The van der Waals surface area contributed by atoms with Crippen LogP contribution in [0.3, 0.4) is 0 Å². The number of halogens is 1. The molecule has 0 amide bonds. The number of fused-ring (bicyclic) bond motifs is 1. The Hall–Kier alpha value is -1.93. The third-order valence-corrected chi connectivity index (χ3v) is 7.90. The van der Waals surface area contributed by atoms with Crippen molar-refractivity contribution in [2.24, 2.45) is 0 Å². The summed E-state index contributed by atoms with van der Waals surface area (Å²) < 4.78 is 8.18. The fourth-order valence-corrected chi connectivity index (χ4v) is 4.78. The van der Waals surface area contributed by atoms with E-state index in [9.17, 15) is 0 Å². The van der Waals surface area contributed by atoms with Crippen molar-refractivity contribution in [3.63, 3.8) is 0 Å². The van der Waals surface area contributed by atoms with E-state index >= 15 is 0 Å². The SMILES string of the molecule is CN1CCN(c2ccc(-c3cc4c(Cl)ncnc4n3COCC[Si](C)(C)C)cc2)CC1. The lowest BCUT2D eigenvalue weighted by atomic mass is 10.1. The van der Waals surface area contributed by atoms with Crippen molar-refractivity contribution < 1.29 is 4.74 Å². The molecule has 3 aromatic rings. The number of aromatic nitrogens is 3. The van der Waals surface area contributed by atoms with Crippen LogP contribution in [0.15, 0.2) is 36.7 Å². The number of rotatable bonds is 7. The van der Waals surface area contributed by atoms with Crippen LogP contribution < -0.4 is 4.90 Å². The molecular formula is C23H32ClN5OSi. The second kappa shape index (κ2) is 9.28. The van der Waals surface area contributed by atoms with Crippen molar-refractivity contribution >= 4 is 36.4 Å². The van der Waals surface area contributed by atoms with Crippen LogP contribution in [0, 0.1) is 0 Å².